The van der Waals surface area contributed by atoms with Crippen LogP contribution in [0.4, 0.5) is 16.2 Å². The molecule has 2 aromatic rings. The number of halogens is 1. The van der Waals surface area contributed by atoms with Gasteiger partial charge < -0.3 is 20.3 Å². The number of methoxy groups -OCH3 is 1. The lowest BCUT2D eigenvalue weighted by molar-refractivity contribution is -0.117. The van der Waals surface area contributed by atoms with Crippen molar-refractivity contribution in [3.05, 3.63) is 53.1 Å². The van der Waals surface area contributed by atoms with Crippen LogP contribution < -0.4 is 20.3 Å². The van der Waals surface area contributed by atoms with Gasteiger partial charge in [-0.25, -0.2) is 4.79 Å². The fraction of sp³-hybridized carbons (Fsp3) is 0.263. The van der Waals surface area contributed by atoms with E-state index in [9.17, 15) is 9.59 Å². The first-order valence-corrected chi connectivity index (χ1v) is 8.62. The molecule has 3 rings (SSSR count). The molecule has 136 valence electrons. The molecule has 2 aromatic carbocycles. The Kier molecular flexibility index (Phi) is 5.32. The number of nitrogens with one attached hydrogen (secondary N) is 2. The Bertz CT molecular complexity index is 823. The zero-order valence-electron chi connectivity index (χ0n) is 14.6. The number of ether oxygens (including phenoxy) is 1. The number of hydrogen-bond acceptors (Lipinski definition) is 3. The third-order valence-electron chi connectivity index (χ3n) is 4.22. The Balaban J connectivity index is 1.63. The largest absolute Gasteiger partial charge is 0.495 e. The Morgan fingerprint density at radius 2 is 1.96 bits per heavy atom. The van der Waals surface area contributed by atoms with Gasteiger partial charge in [0.25, 0.3) is 0 Å². The fourth-order valence-electron chi connectivity index (χ4n) is 2.90. The quantitative estimate of drug-likeness (QED) is 0.860. The number of hydrogen-bond donors (Lipinski definition) is 2. The normalized spacial score (nSPS) is 16.5. The number of anilines is 2. The average Bonchev–Trinajstić information content (AvgIpc) is 2.96. The molecule has 1 atom stereocenters. The van der Waals surface area contributed by atoms with Gasteiger partial charge >= 0.3 is 6.03 Å². The summed E-state index contributed by atoms with van der Waals surface area (Å²) in [6.07, 6.45) is 0.258. The van der Waals surface area contributed by atoms with Crippen LogP contribution in [0.15, 0.2) is 42.5 Å². The van der Waals surface area contributed by atoms with Gasteiger partial charge in [0, 0.05) is 23.7 Å². The Morgan fingerprint density at radius 3 is 2.65 bits per heavy atom. The molecule has 26 heavy (non-hydrogen) atoms. The van der Waals surface area contributed by atoms with Crippen LogP contribution in [0.1, 0.15) is 12.0 Å². The molecule has 0 bridgehead atoms. The molecule has 0 aliphatic carbocycles. The van der Waals surface area contributed by atoms with E-state index in [-0.39, 0.29) is 18.4 Å². The number of rotatable bonds is 4. The third-order valence-corrected chi connectivity index (χ3v) is 4.45. The molecule has 3 amide bonds. The van der Waals surface area contributed by atoms with E-state index in [2.05, 4.69) is 10.6 Å². The fourth-order valence-corrected chi connectivity index (χ4v) is 3.07. The molecule has 0 spiro atoms. The van der Waals surface area contributed by atoms with Crippen molar-refractivity contribution >= 4 is 34.9 Å². The Labute approximate surface area is 157 Å². The first-order valence-electron chi connectivity index (χ1n) is 8.24. The maximum atomic E-state index is 12.3. The van der Waals surface area contributed by atoms with E-state index >= 15 is 0 Å². The second kappa shape index (κ2) is 7.66. The molecule has 0 radical (unpaired) electrons. The van der Waals surface area contributed by atoms with Crippen molar-refractivity contribution in [3.63, 3.8) is 0 Å². The van der Waals surface area contributed by atoms with Crippen molar-refractivity contribution in [3.8, 4) is 5.75 Å². The van der Waals surface area contributed by atoms with Crippen LogP contribution in [0, 0.1) is 6.92 Å². The van der Waals surface area contributed by atoms with Crippen molar-refractivity contribution in [1.29, 1.82) is 0 Å². The predicted molar refractivity (Wildman–Crippen MR) is 102 cm³/mol. The summed E-state index contributed by atoms with van der Waals surface area (Å²) >= 11 is 5.97. The molecule has 6 nitrogen and oxygen atoms in total. The number of nitrogens with zero attached hydrogens (tertiary/aromatic N) is 1. The van der Waals surface area contributed by atoms with E-state index in [1.807, 2.05) is 31.2 Å². The summed E-state index contributed by atoms with van der Waals surface area (Å²) < 4.78 is 5.21. The van der Waals surface area contributed by atoms with Crippen LogP contribution >= 0.6 is 11.6 Å². The van der Waals surface area contributed by atoms with Crippen molar-refractivity contribution in [1.82, 2.24) is 5.32 Å². The average molecular weight is 374 g/mol. The van der Waals surface area contributed by atoms with Gasteiger partial charge in [0.2, 0.25) is 5.91 Å². The van der Waals surface area contributed by atoms with Gasteiger partial charge in [-0.15, -0.1) is 0 Å². The number of urea groups is 1. The molecule has 1 unspecified atom stereocenters. The lowest BCUT2D eigenvalue weighted by atomic mass is 10.2. The molecule has 7 heteroatoms. The molecular formula is C19H20ClN3O3. The van der Waals surface area contributed by atoms with Crippen LogP contribution in [-0.4, -0.2) is 31.6 Å². The van der Waals surface area contributed by atoms with Gasteiger partial charge in [0.1, 0.15) is 5.75 Å². The lowest BCUT2D eigenvalue weighted by Gasteiger charge is -2.18. The van der Waals surface area contributed by atoms with Gasteiger partial charge in [-0.2, -0.15) is 0 Å². The third kappa shape index (κ3) is 4.08. The van der Waals surface area contributed by atoms with Crippen LogP contribution in [0.2, 0.25) is 5.02 Å². The molecule has 1 heterocycles. The Hall–Kier alpha value is -2.73. The summed E-state index contributed by atoms with van der Waals surface area (Å²) in [6, 6.07) is 12.0. The highest BCUT2D eigenvalue weighted by atomic mass is 35.5. The number of carbonyl (C=O) groups excluding carboxylic acids is 2. The summed E-state index contributed by atoms with van der Waals surface area (Å²) in [7, 11) is 1.52. The molecule has 1 saturated heterocycles. The van der Waals surface area contributed by atoms with E-state index in [0.29, 0.717) is 23.0 Å². The zero-order valence-corrected chi connectivity index (χ0v) is 15.3. The highest BCUT2D eigenvalue weighted by molar-refractivity contribution is 6.31. The zero-order chi connectivity index (χ0) is 18.7. The smallest absolute Gasteiger partial charge is 0.319 e. The maximum absolute atomic E-state index is 12.3. The first-order chi connectivity index (χ1) is 12.5. The molecule has 1 aliphatic heterocycles. The van der Waals surface area contributed by atoms with E-state index in [4.69, 9.17) is 16.3 Å². The number of aryl methyl sites for hydroxylation is 1. The SMILES string of the molecule is COc1ccc(Cl)cc1NC(=O)NC1CC(=O)N(c2ccc(C)cc2)C1. The van der Waals surface area contributed by atoms with Crippen LogP contribution in [0.5, 0.6) is 5.75 Å². The van der Waals surface area contributed by atoms with E-state index < -0.39 is 6.03 Å². The lowest BCUT2D eigenvalue weighted by Crippen LogP contribution is -2.39. The number of amides is 3. The second-order valence-corrected chi connectivity index (χ2v) is 6.62. The van der Waals surface area contributed by atoms with Gasteiger partial charge in [0.05, 0.1) is 18.8 Å². The summed E-state index contributed by atoms with van der Waals surface area (Å²) in [4.78, 5) is 26.2. The van der Waals surface area contributed by atoms with Crippen molar-refractivity contribution in [2.45, 2.75) is 19.4 Å². The van der Waals surface area contributed by atoms with Gasteiger partial charge in [-0.1, -0.05) is 29.3 Å². The standard InChI is InChI=1S/C19H20ClN3O3/c1-12-3-6-15(7-4-12)23-11-14(10-18(23)24)21-19(25)22-16-9-13(20)5-8-17(16)26-2/h3-9,14H,10-11H2,1-2H3,(H2,21,22,25). The Morgan fingerprint density at radius 1 is 1.23 bits per heavy atom. The predicted octanol–water partition coefficient (Wildman–Crippen LogP) is 3.58. The molecule has 1 aliphatic rings. The van der Waals surface area contributed by atoms with Crippen molar-refractivity contribution < 1.29 is 14.3 Å². The minimum absolute atomic E-state index is 0.0144. The second-order valence-electron chi connectivity index (χ2n) is 6.18. The van der Waals surface area contributed by atoms with Gasteiger partial charge in [-0.3, -0.25) is 4.79 Å². The molecular weight excluding hydrogens is 354 g/mol. The van der Waals surface area contributed by atoms with Crippen molar-refractivity contribution in [2.75, 3.05) is 23.9 Å². The van der Waals surface area contributed by atoms with Crippen LogP contribution in [0.25, 0.3) is 0 Å². The minimum Gasteiger partial charge on any atom is -0.495 e. The molecule has 2 N–H and O–H groups in total. The molecule has 0 aromatic heterocycles. The topological polar surface area (TPSA) is 70.7 Å². The van der Waals surface area contributed by atoms with Gasteiger partial charge in [0.15, 0.2) is 0 Å². The van der Waals surface area contributed by atoms with Crippen molar-refractivity contribution in [2.24, 2.45) is 0 Å². The van der Waals surface area contributed by atoms with Crippen LogP contribution in [-0.2, 0) is 4.79 Å². The van der Waals surface area contributed by atoms with Crippen LogP contribution in [0.3, 0.4) is 0 Å². The number of benzene rings is 2. The van der Waals surface area contributed by atoms with E-state index in [0.717, 1.165) is 11.3 Å². The van der Waals surface area contributed by atoms with Gasteiger partial charge in [-0.05, 0) is 37.3 Å². The van der Waals surface area contributed by atoms with E-state index in [1.165, 1.54) is 7.11 Å². The first kappa shape index (κ1) is 18.1. The maximum Gasteiger partial charge on any atom is 0.319 e. The highest BCUT2D eigenvalue weighted by Gasteiger charge is 2.31. The summed E-state index contributed by atoms with van der Waals surface area (Å²) in [5.41, 5.74) is 2.43. The van der Waals surface area contributed by atoms with E-state index in [1.54, 1.807) is 23.1 Å². The summed E-state index contributed by atoms with van der Waals surface area (Å²) in [5.74, 6) is 0.493. The summed E-state index contributed by atoms with van der Waals surface area (Å²) in [6.45, 7) is 2.43. The monoisotopic (exact) mass is 373 g/mol. The molecule has 0 saturated carbocycles. The highest BCUT2D eigenvalue weighted by Crippen LogP contribution is 2.28. The molecule has 1 fully saturated rings. The summed E-state index contributed by atoms with van der Waals surface area (Å²) in [5, 5.41) is 6.03. The minimum atomic E-state index is -0.408. The number of carbonyl (C=O) groups is 2.